The fourth-order valence-corrected chi connectivity index (χ4v) is 8.64. The normalized spacial score (nSPS) is 13.6. The molecule has 10 aromatic carbocycles. The molecule has 0 aliphatic heterocycles. The fraction of sp³-hybridized carbons (Fsp3) is 0. The maximum Gasteiger partial charge on any atom is 0.143 e. The van der Waals surface area contributed by atoms with Gasteiger partial charge in [0.25, 0.3) is 0 Å². The van der Waals surface area contributed by atoms with Gasteiger partial charge in [-0.1, -0.05) is 146 Å². The quantitative estimate of drug-likeness (QED) is 0.168. The van der Waals surface area contributed by atoms with Gasteiger partial charge in [0.1, 0.15) is 11.2 Å². The topological polar surface area (TPSA) is 21.3 Å². The second kappa shape index (κ2) is 13.4. The van der Waals surface area contributed by atoms with Crippen LogP contribution in [0.4, 0.5) is 17.1 Å². The lowest BCUT2D eigenvalue weighted by atomic mass is 9.95. The van der Waals surface area contributed by atoms with Gasteiger partial charge in [-0.05, 0) is 111 Å². The fourth-order valence-electron chi connectivity index (χ4n) is 8.64. The van der Waals surface area contributed by atoms with Crippen LogP contribution in [0, 0.1) is 0 Å². The van der Waals surface area contributed by atoms with E-state index in [1.54, 1.807) is 28.8 Å². The predicted molar refractivity (Wildman–Crippen MR) is 249 cm³/mol. The number of nitrogens with zero attached hydrogens (tertiary/aromatic N) is 2. The summed E-state index contributed by atoms with van der Waals surface area (Å²) in [5.41, 5.74) is 4.66. The molecule has 3 heteroatoms. The Balaban J connectivity index is 1.14. The van der Waals surface area contributed by atoms with Gasteiger partial charge in [0.15, 0.2) is 0 Å². The highest BCUT2D eigenvalue weighted by atomic mass is 16.3. The van der Waals surface area contributed by atoms with E-state index in [-0.39, 0.29) is 46.8 Å². The summed E-state index contributed by atoms with van der Waals surface area (Å²) in [5, 5.41) is 6.89. The van der Waals surface area contributed by atoms with Crippen LogP contribution in [0.5, 0.6) is 0 Å². The van der Waals surface area contributed by atoms with Crippen molar-refractivity contribution in [1.82, 2.24) is 4.57 Å². The van der Waals surface area contributed by atoms with Gasteiger partial charge in [-0.15, -0.1) is 0 Å². The molecule has 0 aliphatic carbocycles. The molecule has 0 saturated heterocycles. The standard InChI is InChI=1S/C56H36N2O/c1-3-17-45-38(12-1)14-10-21-46(45)41-16-9-15-40(36-41)37-26-29-42(30-27-37)57(53-24-11-25-54-55(53)50-35-28-39-13-2-4-18-47(39)56(50)59-54)43-31-33-44(34-32-43)58-51-22-7-5-19-48(51)49-20-6-8-23-52(49)58/h1-36H/i26D,27D,29D,30D,31D,32D,33D,34D. The number of anilines is 3. The van der Waals surface area contributed by atoms with E-state index in [1.807, 2.05) is 146 Å². The molecule has 0 amide bonds. The lowest BCUT2D eigenvalue weighted by Gasteiger charge is -2.27. The molecule has 2 aromatic heterocycles. The zero-order valence-electron chi connectivity index (χ0n) is 39.5. The monoisotopic (exact) mass is 760 g/mol. The van der Waals surface area contributed by atoms with Crippen molar-refractivity contribution in [1.29, 1.82) is 0 Å². The van der Waals surface area contributed by atoms with Crippen LogP contribution in [0.25, 0.3) is 93.2 Å². The summed E-state index contributed by atoms with van der Waals surface area (Å²) in [6.07, 6.45) is 0. The van der Waals surface area contributed by atoms with Gasteiger partial charge in [-0.2, -0.15) is 0 Å². The van der Waals surface area contributed by atoms with Crippen LogP contribution in [0.15, 0.2) is 223 Å². The summed E-state index contributed by atoms with van der Waals surface area (Å²) in [7, 11) is 0. The molecule has 0 radical (unpaired) electrons. The van der Waals surface area contributed by atoms with Gasteiger partial charge in [-0.25, -0.2) is 0 Å². The first-order valence-electron chi connectivity index (χ1n) is 23.5. The van der Waals surface area contributed by atoms with Crippen LogP contribution in [0.2, 0.25) is 0 Å². The third-order valence-corrected chi connectivity index (χ3v) is 11.3. The molecular weight excluding hydrogens is 717 g/mol. The number of para-hydroxylation sites is 2. The third kappa shape index (κ3) is 5.36. The molecule has 3 nitrogen and oxygen atoms in total. The summed E-state index contributed by atoms with van der Waals surface area (Å²) >= 11 is 0. The molecule has 2 heterocycles. The Morgan fingerprint density at radius 3 is 1.75 bits per heavy atom. The minimum atomic E-state index is -0.433. The van der Waals surface area contributed by atoms with Gasteiger partial charge >= 0.3 is 0 Å². The van der Waals surface area contributed by atoms with E-state index in [9.17, 15) is 11.0 Å². The molecule has 0 atom stereocenters. The Labute approximate surface area is 352 Å². The Morgan fingerprint density at radius 1 is 0.424 bits per heavy atom. The SMILES string of the molecule is [2H]c1c([2H])c(N(c2c([2H])c([2H])c(-n3c4ccccc4c4ccccc43)c([2H])c2[2H])c2cccc3oc4c5ccccc5ccc4c23)c([2H])c([2H])c1-c1cccc(-c2cccc3ccccc23)c1. The summed E-state index contributed by atoms with van der Waals surface area (Å²) in [6, 6.07) is 50.7. The van der Waals surface area contributed by atoms with E-state index < -0.39 is 24.2 Å². The lowest BCUT2D eigenvalue weighted by molar-refractivity contribution is 0.672. The minimum absolute atomic E-state index is 0.0375. The Hall–Kier alpha value is -7.88. The summed E-state index contributed by atoms with van der Waals surface area (Å²) in [4.78, 5) is 1.37. The number of aromatic nitrogens is 1. The zero-order chi connectivity index (χ0) is 45.8. The molecule has 0 bridgehead atoms. The molecule has 0 saturated carbocycles. The highest BCUT2D eigenvalue weighted by Crippen LogP contribution is 2.45. The van der Waals surface area contributed by atoms with Gasteiger partial charge in [0.05, 0.1) is 33.1 Å². The van der Waals surface area contributed by atoms with Crippen LogP contribution in [-0.2, 0) is 0 Å². The second-order valence-corrected chi connectivity index (χ2v) is 14.6. The number of fused-ring (bicyclic) bond motifs is 9. The van der Waals surface area contributed by atoms with Crippen molar-refractivity contribution in [2.45, 2.75) is 0 Å². The Morgan fingerprint density at radius 2 is 1.00 bits per heavy atom. The molecule has 0 N–H and O–H groups in total. The van der Waals surface area contributed by atoms with E-state index >= 15 is 0 Å². The van der Waals surface area contributed by atoms with Crippen molar-refractivity contribution in [2.75, 3.05) is 4.90 Å². The highest BCUT2D eigenvalue weighted by molar-refractivity contribution is 6.19. The van der Waals surface area contributed by atoms with Gasteiger partial charge in [-0.3, -0.25) is 0 Å². The minimum Gasteiger partial charge on any atom is -0.455 e. The zero-order valence-corrected chi connectivity index (χ0v) is 31.5. The van der Waals surface area contributed by atoms with E-state index in [0.29, 0.717) is 44.2 Å². The van der Waals surface area contributed by atoms with Crippen molar-refractivity contribution >= 4 is 82.4 Å². The van der Waals surface area contributed by atoms with Gasteiger partial charge in [0.2, 0.25) is 0 Å². The van der Waals surface area contributed by atoms with Gasteiger partial charge in [0, 0.05) is 38.6 Å². The van der Waals surface area contributed by atoms with Crippen molar-refractivity contribution in [3.8, 4) is 27.9 Å². The molecule has 12 aromatic rings. The molecule has 59 heavy (non-hydrogen) atoms. The van der Waals surface area contributed by atoms with Crippen LogP contribution < -0.4 is 4.90 Å². The van der Waals surface area contributed by atoms with E-state index in [4.69, 9.17) is 4.42 Å². The summed E-state index contributed by atoms with van der Waals surface area (Å²) in [6.45, 7) is 0. The first-order valence-corrected chi connectivity index (χ1v) is 19.5. The van der Waals surface area contributed by atoms with E-state index in [1.165, 1.54) is 4.90 Å². The number of furan rings is 1. The number of benzene rings is 10. The third-order valence-electron chi connectivity index (χ3n) is 11.3. The molecular formula is C56H36N2O. The summed E-state index contributed by atoms with van der Waals surface area (Å²) in [5.74, 6) is 0. The average molecular weight is 761 g/mol. The molecule has 0 aliphatic rings. The lowest BCUT2D eigenvalue weighted by Crippen LogP contribution is -2.10. The average Bonchev–Trinajstić information content (AvgIpc) is 3.91. The first-order chi connectivity index (χ1) is 32.6. The highest BCUT2D eigenvalue weighted by Gasteiger charge is 2.21. The number of rotatable bonds is 6. The predicted octanol–water partition coefficient (Wildman–Crippen LogP) is 15.8. The summed E-state index contributed by atoms with van der Waals surface area (Å²) < 4.78 is 86.5. The first kappa shape index (κ1) is 26.1. The molecule has 12 rings (SSSR count). The largest absolute Gasteiger partial charge is 0.455 e. The van der Waals surface area contributed by atoms with Crippen LogP contribution in [0.3, 0.4) is 0 Å². The Bertz CT molecular complexity index is 3950. The van der Waals surface area contributed by atoms with Crippen molar-refractivity contribution in [3.63, 3.8) is 0 Å². The Kier molecular flexibility index (Phi) is 5.92. The molecule has 0 fully saturated rings. The van der Waals surface area contributed by atoms with Crippen LogP contribution >= 0.6 is 0 Å². The number of hydrogen-bond donors (Lipinski definition) is 0. The number of hydrogen-bond acceptors (Lipinski definition) is 2. The van der Waals surface area contributed by atoms with Crippen LogP contribution in [0.1, 0.15) is 11.0 Å². The van der Waals surface area contributed by atoms with Crippen molar-refractivity contribution in [3.05, 3.63) is 218 Å². The van der Waals surface area contributed by atoms with Crippen LogP contribution in [-0.4, -0.2) is 4.57 Å². The molecule has 276 valence electrons. The van der Waals surface area contributed by atoms with Gasteiger partial charge < -0.3 is 13.9 Å². The maximum atomic E-state index is 9.87. The molecule has 0 unspecified atom stereocenters. The molecule has 0 spiro atoms. The second-order valence-electron chi connectivity index (χ2n) is 14.6. The van der Waals surface area contributed by atoms with E-state index in [0.717, 1.165) is 43.4 Å². The maximum absolute atomic E-state index is 9.87. The van der Waals surface area contributed by atoms with E-state index in [2.05, 4.69) is 0 Å². The van der Waals surface area contributed by atoms with Crippen molar-refractivity contribution in [2.24, 2.45) is 0 Å². The van der Waals surface area contributed by atoms with Crippen molar-refractivity contribution < 1.29 is 15.4 Å². The smallest absolute Gasteiger partial charge is 0.143 e.